The van der Waals surface area contributed by atoms with Gasteiger partial charge in [-0.1, -0.05) is 18.9 Å². The molecule has 128 valence electrons. The number of ether oxygens (including phenoxy) is 2. The summed E-state index contributed by atoms with van der Waals surface area (Å²) in [5.41, 5.74) is 1.28. The highest BCUT2D eigenvalue weighted by atomic mass is 16.5. The maximum Gasteiger partial charge on any atom is 0.160 e. The fraction of sp³-hybridized carbons (Fsp3) is 0.684. The molecule has 0 radical (unpaired) electrons. The molecule has 4 nitrogen and oxygen atoms in total. The molecule has 0 unspecified atom stereocenters. The van der Waals surface area contributed by atoms with E-state index in [0.717, 1.165) is 37.4 Å². The van der Waals surface area contributed by atoms with Crippen LogP contribution in [-0.2, 0) is 6.42 Å². The molecule has 23 heavy (non-hydrogen) atoms. The number of fused-ring (bicyclic) bond motifs is 1. The minimum atomic E-state index is -0.0855. The zero-order valence-electron chi connectivity index (χ0n) is 14.3. The molecular weight excluding hydrogens is 290 g/mol. The van der Waals surface area contributed by atoms with Crippen LogP contribution in [0.3, 0.4) is 0 Å². The van der Waals surface area contributed by atoms with E-state index in [-0.39, 0.29) is 6.10 Å². The molecule has 1 saturated heterocycles. The summed E-state index contributed by atoms with van der Waals surface area (Å²) in [6.45, 7) is 2.08. The summed E-state index contributed by atoms with van der Waals surface area (Å²) < 4.78 is 10.7. The maximum atomic E-state index is 10.3. The van der Waals surface area contributed by atoms with Gasteiger partial charge in [-0.15, -0.1) is 0 Å². The molecule has 4 heteroatoms. The lowest BCUT2D eigenvalue weighted by Crippen LogP contribution is -2.52. The Morgan fingerprint density at radius 2 is 1.87 bits per heavy atom. The second-order valence-corrected chi connectivity index (χ2v) is 6.85. The van der Waals surface area contributed by atoms with Gasteiger partial charge < -0.3 is 14.6 Å². The van der Waals surface area contributed by atoms with Crippen LogP contribution < -0.4 is 9.47 Å². The fourth-order valence-corrected chi connectivity index (χ4v) is 4.31. The van der Waals surface area contributed by atoms with Gasteiger partial charge in [-0.2, -0.15) is 0 Å². The number of benzene rings is 1. The van der Waals surface area contributed by atoms with Crippen LogP contribution in [-0.4, -0.2) is 49.5 Å². The molecule has 3 atom stereocenters. The van der Waals surface area contributed by atoms with Crippen molar-refractivity contribution in [2.75, 3.05) is 27.3 Å². The molecule has 1 aromatic rings. The highest BCUT2D eigenvalue weighted by molar-refractivity contribution is 5.42. The zero-order valence-corrected chi connectivity index (χ0v) is 14.3. The second-order valence-electron chi connectivity index (χ2n) is 6.85. The number of hydrogen-bond acceptors (Lipinski definition) is 4. The highest BCUT2D eigenvalue weighted by Gasteiger charge is 2.38. The average molecular weight is 319 g/mol. The van der Waals surface area contributed by atoms with Gasteiger partial charge in [0.05, 0.1) is 20.3 Å². The van der Waals surface area contributed by atoms with Crippen LogP contribution in [0.2, 0.25) is 0 Å². The summed E-state index contributed by atoms with van der Waals surface area (Å²) in [5, 5.41) is 10.3. The zero-order chi connectivity index (χ0) is 16.2. The van der Waals surface area contributed by atoms with Gasteiger partial charge in [0.15, 0.2) is 11.5 Å². The van der Waals surface area contributed by atoms with E-state index in [2.05, 4.69) is 17.0 Å². The van der Waals surface area contributed by atoms with Gasteiger partial charge in [-0.25, -0.2) is 0 Å². The molecule has 1 N–H and O–H groups in total. The summed E-state index contributed by atoms with van der Waals surface area (Å²) >= 11 is 0. The van der Waals surface area contributed by atoms with Crippen molar-refractivity contribution in [1.29, 1.82) is 0 Å². The van der Waals surface area contributed by atoms with Crippen LogP contribution in [0.15, 0.2) is 18.2 Å². The molecule has 2 fully saturated rings. The van der Waals surface area contributed by atoms with Crippen LogP contribution in [0, 0.1) is 5.92 Å². The van der Waals surface area contributed by atoms with Crippen molar-refractivity contribution < 1.29 is 14.6 Å². The van der Waals surface area contributed by atoms with Crippen molar-refractivity contribution in [3.05, 3.63) is 23.8 Å². The molecule has 1 aromatic carbocycles. The van der Waals surface area contributed by atoms with Crippen molar-refractivity contribution in [2.24, 2.45) is 5.92 Å². The Morgan fingerprint density at radius 1 is 1.09 bits per heavy atom. The largest absolute Gasteiger partial charge is 0.493 e. The number of piperidine rings is 1. The van der Waals surface area contributed by atoms with Gasteiger partial charge in [0.2, 0.25) is 0 Å². The third-order valence-electron chi connectivity index (χ3n) is 5.59. The van der Waals surface area contributed by atoms with Gasteiger partial charge >= 0.3 is 0 Å². The first-order chi connectivity index (χ1) is 11.2. The highest BCUT2D eigenvalue weighted by Crippen LogP contribution is 2.35. The molecule has 1 heterocycles. The van der Waals surface area contributed by atoms with Crippen molar-refractivity contribution in [3.8, 4) is 11.5 Å². The number of rotatable bonds is 5. The Labute approximate surface area is 139 Å². The number of methoxy groups -OCH3 is 2. The van der Waals surface area contributed by atoms with Gasteiger partial charge in [-0.3, -0.25) is 4.90 Å². The third-order valence-corrected chi connectivity index (χ3v) is 5.59. The van der Waals surface area contributed by atoms with E-state index < -0.39 is 0 Å². The lowest BCUT2D eigenvalue weighted by Gasteiger charge is -2.46. The van der Waals surface area contributed by atoms with E-state index in [4.69, 9.17) is 9.47 Å². The number of aliphatic hydroxyl groups is 1. The van der Waals surface area contributed by atoms with Crippen LogP contribution >= 0.6 is 0 Å². The van der Waals surface area contributed by atoms with Crippen molar-refractivity contribution in [1.82, 2.24) is 4.90 Å². The number of nitrogens with zero attached hydrogens (tertiary/aromatic N) is 1. The smallest absolute Gasteiger partial charge is 0.160 e. The molecule has 1 saturated carbocycles. The van der Waals surface area contributed by atoms with E-state index >= 15 is 0 Å². The molecule has 1 aliphatic heterocycles. The fourth-order valence-electron chi connectivity index (χ4n) is 4.31. The number of likely N-dealkylation sites (tertiary alicyclic amines) is 1. The minimum Gasteiger partial charge on any atom is -0.493 e. The molecule has 3 rings (SSSR count). The van der Waals surface area contributed by atoms with E-state index in [9.17, 15) is 5.11 Å². The summed E-state index contributed by atoms with van der Waals surface area (Å²) in [6, 6.07) is 6.76. The van der Waals surface area contributed by atoms with Gasteiger partial charge in [0.1, 0.15) is 0 Å². The summed E-state index contributed by atoms with van der Waals surface area (Å²) in [7, 11) is 3.35. The minimum absolute atomic E-state index is 0.0855. The Bertz CT molecular complexity index is 519. The molecule has 0 amide bonds. The predicted octanol–water partition coefficient (Wildman–Crippen LogP) is 2.87. The molecular formula is C19H29NO3. The Balaban J connectivity index is 1.63. The third kappa shape index (κ3) is 3.64. The molecule has 0 bridgehead atoms. The Kier molecular flexibility index (Phi) is 5.44. The predicted molar refractivity (Wildman–Crippen MR) is 91.2 cm³/mol. The SMILES string of the molecule is COc1ccc(CCN2CC[C@H](O)[C@H]3CCCC[C@@H]32)cc1OC. The molecule has 2 aliphatic rings. The van der Waals surface area contributed by atoms with Gasteiger partial charge in [-0.05, 0) is 43.4 Å². The van der Waals surface area contributed by atoms with E-state index in [0.29, 0.717) is 12.0 Å². The molecule has 0 spiro atoms. The van der Waals surface area contributed by atoms with Crippen LogP contribution in [0.5, 0.6) is 11.5 Å². The first-order valence-corrected chi connectivity index (χ1v) is 8.86. The standard InChI is InChI=1S/C19H29NO3/c1-22-18-8-7-14(13-19(18)23-2)9-11-20-12-10-17(21)15-5-3-4-6-16(15)20/h7-8,13,15-17,21H,3-6,9-12H2,1-2H3/t15-,16-,17-/m0/s1. The number of aliphatic hydroxyl groups excluding tert-OH is 1. The normalized spacial score (nSPS) is 28.2. The van der Waals surface area contributed by atoms with E-state index in [1.54, 1.807) is 14.2 Å². The maximum absolute atomic E-state index is 10.3. The first kappa shape index (κ1) is 16.6. The van der Waals surface area contributed by atoms with Crippen LogP contribution in [0.25, 0.3) is 0 Å². The van der Waals surface area contributed by atoms with Crippen molar-refractivity contribution >= 4 is 0 Å². The monoisotopic (exact) mass is 319 g/mol. The average Bonchev–Trinajstić information content (AvgIpc) is 2.61. The van der Waals surface area contributed by atoms with Crippen molar-refractivity contribution in [2.45, 2.75) is 50.7 Å². The Morgan fingerprint density at radius 3 is 2.65 bits per heavy atom. The number of hydrogen-bond donors (Lipinski definition) is 1. The van der Waals surface area contributed by atoms with Gasteiger partial charge in [0.25, 0.3) is 0 Å². The summed E-state index contributed by atoms with van der Waals surface area (Å²) in [5.74, 6) is 2.07. The van der Waals surface area contributed by atoms with E-state index in [1.165, 1.54) is 31.2 Å². The van der Waals surface area contributed by atoms with Gasteiger partial charge in [0, 0.05) is 25.0 Å². The van der Waals surface area contributed by atoms with E-state index in [1.807, 2.05) is 6.07 Å². The summed E-state index contributed by atoms with van der Waals surface area (Å²) in [4.78, 5) is 2.60. The quantitative estimate of drug-likeness (QED) is 0.906. The Hall–Kier alpha value is -1.26. The van der Waals surface area contributed by atoms with Crippen LogP contribution in [0.4, 0.5) is 0 Å². The van der Waals surface area contributed by atoms with Crippen molar-refractivity contribution in [3.63, 3.8) is 0 Å². The lowest BCUT2D eigenvalue weighted by atomic mass is 9.76. The lowest BCUT2D eigenvalue weighted by molar-refractivity contribution is -0.0352. The molecule has 0 aromatic heterocycles. The van der Waals surface area contributed by atoms with Crippen LogP contribution in [0.1, 0.15) is 37.7 Å². The summed E-state index contributed by atoms with van der Waals surface area (Å²) in [6.07, 6.45) is 6.87. The first-order valence-electron chi connectivity index (χ1n) is 8.86. The second kappa shape index (κ2) is 7.54. The molecule has 1 aliphatic carbocycles. The topological polar surface area (TPSA) is 41.9 Å².